The summed E-state index contributed by atoms with van der Waals surface area (Å²) < 4.78 is 0. The number of aromatic amines is 1. The highest BCUT2D eigenvalue weighted by molar-refractivity contribution is 6.44. The second-order valence-electron chi connectivity index (χ2n) is 5.01. The maximum absolute atomic E-state index is 12.2. The molecule has 3 aromatic rings. The van der Waals surface area contributed by atoms with Gasteiger partial charge in [-0.1, -0.05) is 0 Å². The molecule has 1 heterocycles. The van der Waals surface area contributed by atoms with Gasteiger partial charge in [0.15, 0.2) is 0 Å². The molecule has 0 spiro atoms. The van der Waals surface area contributed by atoms with Gasteiger partial charge >= 0.3 is 11.8 Å². The highest BCUT2D eigenvalue weighted by Crippen LogP contribution is 2.19. The SMILES string of the molecule is CN(C(=O)C(=O)Nc1ccc2cn[nH]c2c1)c1ccc(O)cc1. The molecule has 0 saturated carbocycles. The van der Waals surface area contributed by atoms with E-state index in [0.717, 1.165) is 10.9 Å². The molecular formula is C16H14N4O3. The quantitative estimate of drug-likeness (QED) is 0.629. The Kier molecular flexibility index (Phi) is 3.68. The first kappa shape index (κ1) is 14.6. The van der Waals surface area contributed by atoms with Crippen molar-refractivity contribution in [2.75, 3.05) is 17.3 Å². The second kappa shape index (κ2) is 5.80. The van der Waals surface area contributed by atoms with E-state index in [9.17, 15) is 14.7 Å². The number of rotatable bonds is 2. The van der Waals surface area contributed by atoms with E-state index in [1.54, 1.807) is 36.5 Å². The Morgan fingerprint density at radius 3 is 2.65 bits per heavy atom. The van der Waals surface area contributed by atoms with Gasteiger partial charge in [0.1, 0.15) is 5.75 Å². The number of nitrogens with one attached hydrogen (secondary N) is 2. The molecule has 1 aromatic heterocycles. The molecule has 0 bridgehead atoms. The first-order chi connectivity index (χ1) is 11.0. The van der Waals surface area contributed by atoms with Gasteiger partial charge in [0.25, 0.3) is 0 Å². The third kappa shape index (κ3) is 2.98. The molecule has 23 heavy (non-hydrogen) atoms. The fourth-order valence-electron chi connectivity index (χ4n) is 2.15. The summed E-state index contributed by atoms with van der Waals surface area (Å²) in [5.74, 6) is -1.37. The number of phenols is 1. The van der Waals surface area contributed by atoms with Crippen LogP contribution in [0.25, 0.3) is 10.9 Å². The van der Waals surface area contributed by atoms with Crippen LogP contribution < -0.4 is 10.2 Å². The lowest BCUT2D eigenvalue weighted by molar-refractivity contribution is -0.134. The second-order valence-corrected chi connectivity index (χ2v) is 5.01. The molecule has 3 rings (SSSR count). The summed E-state index contributed by atoms with van der Waals surface area (Å²) in [5.41, 5.74) is 1.77. The van der Waals surface area contributed by atoms with Gasteiger partial charge in [0.2, 0.25) is 0 Å². The zero-order valence-electron chi connectivity index (χ0n) is 12.3. The summed E-state index contributed by atoms with van der Waals surface area (Å²) >= 11 is 0. The van der Waals surface area contributed by atoms with Gasteiger partial charge in [-0.2, -0.15) is 5.10 Å². The average Bonchev–Trinajstić information content (AvgIpc) is 3.01. The van der Waals surface area contributed by atoms with E-state index in [1.807, 2.05) is 0 Å². The van der Waals surface area contributed by atoms with Gasteiger partial charge in [-0.3, -0.25) is 14.7 Å². The minimum atomic E-state index is -0.751. The van der Waals surface area contributed by atoms with Crippen molar-refractivity contribution in [3.8, 4) is 5.75 Å². The predicted molar refractivity (Wildman–Crippen MR) is 86.2 cm³/mol. The third-order valence-corrected chi connectivity index (χ3v) is 3.44. The summed E-state index contributed by atoms with van der Waals surface area (Å²) in [6.07, 6.45) is 1.67. The lowest BCUT2D eigenvalue weighted by Crippen LogP contribution is -2.37. The number of nitrogens with zero attached hydrogens (tertiary/aromatic N) is 2. The molecule has 0 aliphatic rings. The van der Waals surface area contributed by atoms with Crippen molar-refractivity contribution in [2.45, 2.75) is 0 Å². The van der Waals surface area contributed by atoms with Crippen LogP contribution in [0.2, 0.25) is 0 Å². The number of aromatic nitrogens is 2. The van der Waals surface area contributed by atoms with Crippen molar-refractivity contribution >= 4 is 34.1 Å². The fourth-order valence-corrected chi connectivity index (χ4v) is 2.15. The van der Waals surface area contributed by atoms with E-state index in [1.165, 1.54) is 24.1 Å². The number of aromatic hydroxyl groups is 1. The Morgan fingerprint density at radius 1 is 1.17 bits per heavy atom. The fraction of sp³-hybridized carbons (Fsp3) is 0.0625. The van der Waals surface area contributed by atoms with Crippen LogP contribution in [0.15, 0.2) is 48.7 Å². The molecule has 2 aromatic carbocycles. The zero-order valence-corrected chi connectivity index (χ0v) is 12.3. The molecule has 7 heteroatoms. The zero-order chi connectivity index (χ0) is 16.4. The summed E-state index contributed by atoms with van der Waals surface area (Å²) in [7, 11) is 1.49. The lowest BCUT2D eigenvalue weighted by Gasteiger charge is -2.16. The van der Waals surface area contributed by atoms with Crippen molar-refractivity contribution < 1.29 is 14.7 Å². The third-order valence-electron chi connectivity index (χ3n) is 3.44. The smallest absolute Gasteiger partial charge is 0.316 e. The normalized spacial score (nSPS) is 10.5. The summed E-state index contributed by atoms with van der Waals surface area (Å²) in [6.45, 7) is 0. The number of carbonyl (C=O) groups is 2. The van der Waals surface area contributed by atoms with Gasteiger partial charge in [-0.15, -0.1) is 0 Å². The molecule has 0 radical (unpaired) electrons. The number of amides is 2. The molecule has 0 unspecified atom stereocenters. The molecule has 3 N–H and O–H groups in total. The Labute approximate surface area is 131 Å². The van der Waals surface area contributed by atoms with Gasteiger partial charge in [0.05, 0.1) is 11.7 Å². The van der Waals surface area contributed by atoms with Crippen LogP contribution >= 0.6 is 0 Å². The number of hydrogen-bond donors (Lipinski definition) is 3. The maximum Gasteiger partial charge on any atom is 0.316 e. The number of carbonyl (C=O) groups excluding carboxylic acids is 2. The molecule has 0 aliphatic heterocycles. The highest BCUT2D eigenvalue weighted by Gasteiger charge is 2.20. The number of anilines is 2. The van der Waals surface area contributed by atoms with E-state index >= 15 is 0 Å². The van der Waals surface area contributed by atoms with Crippen LogP contribution in [0, 0.1) is 0 Å². The Balaban J connectivity index is 1.73. The van der Waals surface area contributed by atoms with Crippen molar-refractivity contribution in [1.29, 1.82) is 0 Å². The first-order valence-corrected chi connectivity index (χ1v) is 6.86. The molecule has 0 aliphatic carbocycles. The van der Waals surface area contributed by atoms with Crippen molar-refractivity contribution in [3.05, 3.63) is 48.7 Å². The van der Waals surface area contributed by atoms with Gasteiger partial charge in [0, 0.05) is 23.8 Å². The number of likely N-dealkylation sites (N-methyl/N-ethyl adjacent to an activating group) is 1. The predicted octanol–water partition coefficient (Wildman–Crippen LogP) is 1.87. The van der Waals surface area contributed by atoms with Crippen LogP contribution in [0.1, 0.15) is 0 Å². The topological polar surface area (TPSA) is 98.3 Å². The average molecular weight is 310 g/mol. The van der Waals surface area contributed by atoms with Gasteiger partial charge in [-0.05, 0) is 42.5 Å². The summed E-state index contributed by atoms with van der Waals surface area (Å²) in [4.78, 5) is 25.5. The van der Waals surface area contributed by atoms with E-state index in [4.69, 9.17) is 0 Å². The van der Waals surface area contributed by atoms with Crippen LogP contribution in [0.4, 0.5) is 11.4 Å². The number of phenolic OH excluding ortho intramolecular Hbond substituents is 1. The van der Waals surface area contributed by atoms with Crippen LogP contribution in [0.3, 0.4) is 0 Å². The minimum absolute atomic E-state index is 0.0897. The maximum atomic E-state index is 12.2. The highest BCUT2D eigenvalue weighted by atomic mass is 16.3. The minimum Gasteiger partial charge on any atom is -0.508 e. The van der Waals surface area contributed by atoms with E-state index in [0.29, 0.717) is 11.4 Å². The Morgan fingerprint density at radius 2 is 1.91 bits per heavy atom. The molecular weight excluding hydrogens is 296 g/mol. The largest absolute Gasteiger partial charge is 0.508 e. The number of benzene rings is 2. The number of hydrogen-bond acceptors (Lipinski definition) is 4. The van der Waals surface area contributed by atoms with Crippen molar-refractivity contribution in [2.24, 2.45) is 0 Å². The van der Waals surface area contributed by atoms with Crippen LogP contribution in [-0.2, 0) is 9.59 Å². The molecule has 116 valence electrons. The summed E-state index contributed by atoms with van der Waals surface area (Å²) in [6, 6.07) is 11.2. The van der Waals surface area contributed by atoms with Crippen LogP contribution in [0.5, 0.6) is 5.75 Å². The number of H-pyrrole nitrogens is 1. The standard InChI is InChI=1S/C16H14N4O3/c1-20(12-4-6-13(21)7-5-12)16(23)15(22)18-11-3-2-10-9-17-19-14(10)8-11/h2-9,21H,1H3,(H,17,19)(H,18,22). The molecule has 0 fully saturated rings. The van der Waals surface area contributed by atoms with Gasteiger partial charge in [-0.25, -0.2) is 0 Å². The molecule has 2 amide bonds. The summed E-state index contributed by atoms with van der Waals surface area (Å²) in [5, 5.41) is 19.4. The van der Waals surface area contributed by atoms with Crippen LogP contribution in [-0.4, -0.2) is 34.2 Å². The first-order valence-electron chi connectivity index (χ1n) is 6.86. The monoisotopic (exact) mass is 310 g/mol. The van der Waals surface area contributed by atoms with Gasteiger partial charge < -0.3 is 15.3 Å². The molecule has 0 atom stereocenters. The lowest BCUT2D eigenvalue weighted by atomic mass is 10.2. The van der Waals surface area contributed by atoms with E-state index in [-0.39, 0.29) is 5.75 Å². The molecule has 0 saturated heterocycles. The molecule has 7 nitrogen and oxygen atoms in total. The van der Waals surface area contributed by atoms with E-state index < -0.39 is 11.8 Å². The van der Waals surface area contributed by atoms with Crippen molar-refractivity contribution in [3.63, 3.8) is 0 Å². The number of fused-ring (bicyclic) bond motifs is 1. The van der Waals surface area contributed by atoms with Crippen molar-refractivity contribution in [1.82, 2.24) is 10.2 Å². The Hall–Kier alpha value is -3.35. The Bertz CT molecular complexity index is 870. The van der Waals surface area contributed by atoms with E-state index in [2.05, 4.69) is 15.5 Å².